The molecule has 1 nitrogen and oxygen atoms in total. The second kappa shape index (κ2) is 4.96. The van der Waals surface area contributed by atoms with Gasteiger partial charge in [0.1, 0.15) is 5.82 Å². The molecule has 0 bridgehead atoms. The third kappa shape index (κ3) is 2.62. The Morgan fingerprint density at radius 2 is 1.81 bits per heavy atom. The second-order valence-electron chi connectivity index (χ2n) is 5.04. The maximum Gasteiger partial charge on any atom is 0.123 e. The Hall–Kier alpha value is -0.890. The molecule has 88 valence electrons. The van der Waals surface area contributed by atoms with Crippen molar-refractivity contribution in [3.63, 3.8) is 0 Å². The summed E-state index contributed by atoms with van der Waals surface area (Å²) in [6, 6.07) is 6.98. The summed E-state index contributed by atoms with van der Waals surface area (Å²) in [5.74, 6) is -0.141. The average molecular weight is 221 g/mol. The van der Waals surface area contributed by atoms with E-state index in [1.165, 1.54) is 31.2 Å². The molecule has 0 amide bonds. The normalized spacial score (nSPS) is 18.9. The van der Waals surface area contributed by atoms with E-state index in [0.29, 0.717) is 5.41 Å². The SMILES string of the molecule is CNCC1(Cc2ccc(F)cc2)CCCC1. The molecule has 1 fully saturated rings. The fourth-order valence-corrected chi connectivity index (χ4v) is 2.95. The van der Waals surface area contributed by atoms with Crippen molar-refractivity contribution in [2.24, 2.45) is 5.41 Å². The van der Waals surface area contributed by atoms with Crippen LogP contribution in [0.5, 0.6) is 0 Å². The highest BCUT2D eigenvalue weighted by atomic mass is 19.1. The summed E-state index contributed by atoms with van der Waals surface area (Å²) in [5.41, 5.74) is 1.67. The Morgan fingerprint density at radius 3 is 2.38 bits per heavy atom. The number of benzene rings is 1. The van der Waals surface area contributed by atoms with Gasteiger partial charge in [-0.1, -0.05) is 25.0 Å². The first-order valence-corrected chi connectivity index (χ1v) is 6.13. The predicted octanol–water partition coefficient (Wildman–Crippen LogP) is 3.15. The van der Waals surface area contributed by atoms with Crippen LogP contribution in [0.4, 0.5) is 4.39 Å². The first kappa shape index (κ1) is 11.6. The van der Waals surface area contributed by atoms with Gasteiger partial charge in [-0.05, 0) is 49.4 Å². The first-order chi connectivity index (χ1) is 7.74. The molecule has 1 saturated carbocycles. The number of hydrogen-bond acceptors (Lipinski definition) is 1. The highest BCUT2D eigenvalue weighted by Gasteiger charge is 2.33. The molecule has 0 aliphatic heterocycles. The Balaban J connectivity index is 2.08. The summed E-state index contributed by atoms with van der Waals surface area (Å²) in [5, 5.41) is 3.31. The number of rotatable bonds is 4. The van der Waals surface area contributed by atoms with Crippen LogP contribution in [0.2, 0.25) is 0 Å². The quantitative estimate of drug-likeness (QED) is 0.823. The van der Waals surface area contributed by atoms with Crippen molar-refractivity contribution >= 4 is 0 Å². The summed E-state index contributed by atoms with van der Waals surface area (Å²) < 4.78 is 12.8. The standard InChI is InChI=1S/C14H20FN/c1-16-11-14(8-2-3-9-14)10-12-4-6-13(15)7-5-12/h4-7,16H,2-3,8-11H2,1H3. The highest BCUT2D eigenvalue weighted by molar-refractivity contribution is 5.18. The van der Waals surface area contributed by atoms with E-state index >= 15 is 0 Å². The van der Waals surface area contributed by atoms with Gasteiger partial charge in [-0.15, -0.1) is 0 Å². The summed E-state index contributed by atoms with van der Waals surface area (Å²) >= 11 is 0. The van der Waals surface area contributed by atoms with Gasteiger partial charge in [0.05, 0.1) is 0 Å². The van der Waals surface area contributed by atoms with Gasteiger partial charge in [0, 0.05) is 6.54 Å². The molecule has 0 unspecified atom stereocenters. The molecular formula is C14H20FN. The van der Waals surface area contributed by atoms with Gasteiger partial charge in [0.15, 0.2) is 0 Å². The van der Waals surface area contributed by atoms with Gasteiger partial charge in [-0.25, -0.2) is 4.39 Å². The zero-order chi connectivity index (χ0) is 11.4. The van der Waals surface area contributed by atoms with E-state index < -0.39 is 0 Å². The van der Waals surface area contributed by atoms with E-state index in [2.05, 4.69) is 5.32 Å². The number of halogens is 1. The van der Waals surface area contributed by atoms with Crippen LogP contribution in [0, 0.1) is 11.2 Å². The molecule has 16 heavy (non-hydrogen) atoms. The van der Waals surface area contributed by atoms with Crippen LogP contribution in [0.3, 0.4) is 0 Å². The maximum absolute atomic E-state index is 12.8. The van der Waals surface area contributed by atoms with Crippen molar-refractivity contribution in [2.45, 2.75) is 32.1 Å². The van der Waals surface area contributed by atoms with Crippen LogP contribution in [-0.4, -0.2) is 13.6 Å². The van der Waals surface area contributed by atoms with Gasteiger partial charge in [0.2, 0.25) is 0 Å². The molecule has 1 aliphatic carbocycles. The lowest BCUT2D eigenvalue weighted by atomic mass is 9.80. The molecular weight excluding hydrogens is 201 g/mol. The third-order valence-corrected chi connectivity index (χ3v) is 3.71. The van der Waals surface area contributed by atoms with E-state index in [4.69, 9.17) is 0 Å². The van der Waals surface area contributed by atoms with Crippen LogP contribution >= 0.6 is 0 Å². The van der Waals surface area contributed by atoms with Crippen molar-refractivity contribution in [1.82, 2.24) is 5.32 Å². The number of nitrogens with one attached hydrogen (secondary N) is 1. The Labute approximate surface area is 97.1 Å². The minimum absolute atomic E-state index is 0.141. The molecule has 1 aromatic rings. The molecule has 2 rings (SSSR count). The van der Waals surface area contributed by atoms with Crippen molar-refractivity contribution in [2.75, 3.05) is 13.6 Å². The van der Waals surface area contributed by atoms with Gasteiger partial charge in [0.25, 0.3) is 0 Å². The fraction of sp³-hybridized carbons (Fsp3) is 0.571. The molecule has 1 N–H and O–H groups in total. The van der Waals surface area contributed by atoms with Crippen molar-refractivity contribution in [3.8, 4) is 0 Å². The van der Waals surface area contributed by atoms with E-state index in [0.717, 1.165) is 13.0 Å². The molecule has 0 atom stereocenters. The molecule has 0 radical (unpaired) electrons. The van der Waals surface area contributed by atoms with Crippen molar-refractivity contribution in [1.29, 1.82) is 0 Å². The monoisotopic (exact) mass is 221 g/mol. The predicted molar refractivity (Wildman–Crippen MR) is 64.9 cm³/mol. The minimum Gasteiger partial charge on any atom is -0.319 e. The van der Waals surface area contributed by atoms with Crippen LogP contribution in [0.15, 0.2) is 24.3 Å². The zero-order valence-electron chi connectivity index (χ0n) is 9.93. The number of hydrogen-bond donors (Lipinski definition) is 1. The van der Waals surface area contributed by atoms with Gasteiger partial charge >= 0.3 is 0 Å². The van der Waals surface area contributed by atoms with Crippen LogP contribution in [-0.2, 0) is 6.42 Å². The smallest absolute Gasteiger partial charge is 0.123 e. The van der Waals surface area contributed by atoms with E-state index in [9.17, 15) is 4.39 Å². The molecule has 2 heteroatoms. The highest BCUT2D eigenvalue weighted by Crippen LogP contribution is 2.40. The lowest BCUT2D eigenvalue weighted by Gasteiger charge is -2.29. The lowest BCUT2D eigenvalue weighted by Crippen LogP contribution is -2.32. The van der Waals surface area contributed by atoms with Gasteiger partial charge < -0.3 is 5.32 Å². The molecule has 0 heterocycles. The summed E-state index contributed by atoms with van der Waals surface area (Å²) in [7, 11) is 2.02. The van der Waals surface area contributed by atoms with Crippen molar-refractivity contribution in [3.05, 3.63) is 35.6 Å². The molecule has 1 aromatic carbocycles. The lowest BCUT2D eigenvalue weighted by molar-refractivity contribution is 0.285. The maximum atomic E-state index is 12.8. The summed E-state index contributed by atoms with van der Waals surface area (Å²) in [6.07, 6.45) is 6.34. The summed E-state index contributed by atoms with van der Waals surface area (Å²) in [6.45, 7) is 1.07. The Kier molecular flexibility index (Phi) is 3.59. The molecule has 0 aromatic heterocycles. The Morgan fingerprint density at radius 1 is 1.19 bits per heavy atom. The second-order valence-corrected chi connectivity index (χ2v) is 5.04. The average Bonchev–Trinajstić information content (AvgIpc) is 2.71. The summed E-state index contributed by atoms with van der Waals surface area (Å²) in [4.78, 5) is 0. The third-order valence-electron chi connectivity index (χ3n) is 3.71. The van der Waals surface area contributed by atoms with Gasteiger partial charge in [-0.3, -0.25) is 0 Å². The topological polar surface area (TPSA) is 12.0 Å². The zero-order valence-corrected chi connectivity index (χ0v) is 9.93. The largest absolute Gasteiger partial charge is 0.319 e. The Bertz CT molecular complexity index is 325. The van der Waals surface area contributed by atoms with E-state index in [1.54, 1.807) is 12.1 Å². The van der Waals surface area contributed by atoms with Crippen LogP contribution < -0.4 is 5.32 Å². The minimum atomic E-state index is -0.141. The molecule has 0 spiro atoms. The van der Waals surface area contributed by atoms with Crippen LogP contribution in [0.1, 0.15) is 31.2 Å². The van der Waals surface area contributed by atoms with Crippen molar-refractivity contribution < 1.29 is 4.39 Å². The van der Waals surface area contributed by atoms with Gasteiger partial charge in [-0.2, -0.15) is 0 Å². The van der Waals surface area contributed by atoms with Crippen LogP contribution in [0.25, 0.3) is 0 Å². The van der Waals surface area contributed by atoms with E-state index in [-0.39, 0.29) is 5.82 Å². The molecule has 0 saturated heterocycles. The van der Waals surface area contributed by atoms with E-state index in [1.807, 2.05) is 19.2 Å². The first-order valence-electron chi connectivity index (χ1n) is 6.13. The fourth-order valence-electron chi connectivity index (χ4n) is 2.95. The molecule has 1 aliphatic rings.